The molecule has 6 nitrogen and oxygen atoms in total. The van der Waals surface area contributed by atoms with E-state index in [1.54, 1.807) is 0 Å². The maximum Gasteiger partial charge on any atom is 2.00 e. The van der Waals surface area contributed by atoms with Crippen molar-refractivity contribution in [1.82, 2.24) is 0 Å². The van der Waals surface area contributed by atoms with E-state index in [1.165, 1.54) is 42.5 Å². The number of hydrogen-bond donors (Lipinski definition) is 2. The van der Waals surface area contributed by atoms with E-state index >= 15 is 0 Å². The van der Waals surface area contributed by atoms with Crippen LogP contribution in [0, 0.1) is 0 Å². The van der Waals surface area contributed by atoms with Crippen molar-refractivity contribution in [3.8, 4) is 11.5 Å². The molecule has 7 heteroatoms. The summed E-state index contributed by atoms with van der Waals surface area (Å²) in [7, 11) is 0. The zero-order valence-electron chi connectivity index (χ0n) is 10.5. The third kappa shape index (κ3) is 6.54. The molecule has 0 saturated carbocycles. The molecule has 0 aromatic heterocycles. The van der Waals surface area contributed by atoms with Crippen molar-refractivity contribution in [2.75, 3.05) is 0 Å². The molecule has 21 heavy (non-hydrogen) atoms. The van der Waals surface area contributed by atoms with Crippen molar-refractivity contribution in [3.63, 3.8) is 0 Å². The summed E-state index contributed by atoms with van der Waals surface area (Å²) in [6.45, 7) is 0. The number of carbonyl (C=O) groups is 2. The minimum Gasteiger partial charge on any atom is -0.872 e. The molecule has 2 N–H and O–H groups in total. The van der Waals surface area contributed by atoms with Crippen LogP contribution in [0.25, 0.3) is 0 Å². The minimum atomic E-state index is -1.32. The largest absolute Gasteiger partial charge is 2.00 e. The zero-order valence-corrected chi connectivity index (χ0v) is 12.1. The van der Waals surface area contributed by atoms with Crippen molar-refractivity contribution in [2.45, 2.75) is 0 Å². The second-order valence-corrected chi connectivity index (χ2v) is 3.67. The Morgan fingerprint density at radius 2 is 1.52 bits per heavy atom. The molecule has 0 bridgehead atoms. The fourth-order valence-electron chi connectivity index (χ4n) is 1.26. The predicted molar refractivity (Wildman–Crippen MR) is 65.3 cm³/mol. The first-order valence-electron chi connectivity index (χ1n) is 5.41. The number of aromatic carboxylic acids is 2. The van der Waals surface area contributed by atoms with Gasteiger partial charge >= 0.3 is 25.4 Å². The van der Waals surface area contributed by atoms with Gasteiger partial charge in [0, 0.05) is 0 Å². The first-order chi connectivity index (χ1) is 9.40. The SMILES string of the molecule is O=C(O)c1cccc(O)c1.O=C([O-])c1cccc([O-])c1.[Rh+2]. The molecule has 0 amide bonds. The first-order valence-corrected chi connectivity index (χ1v) is 5.41. The maximum absolute atomic E-state index is 10.5. The summed E-state index contributed by atoms with van der Waals surface area (Å²) < 4.78 is 0. The third-order valence-corrected chi connectivity index (χ3v) is 2.16. The number of phenolic OH excluding ortho intramolecular Hbond substituents is 1. The number of hydrogen-bond acceptors (Lipinski definition) is 5. The van der Waals surface area contributed by atoms with Crippen LogP contribution in [0.5, 0.6) is 11.5 Å². The van der Waals surface area contributed by atoms with Crippen LogP contribution in [0.4, 0.5) is 0 Å². The predicted octanol–water partition coefficient (Wildman–Crippen LogP) is 0.212. The number of carboxylic acids is 2. The molecule has 0 saturated heterocycles. The van der Waals surface area contributed by atoms with Crippen LogP contribution >= 0.6 is 0 Å². The molecule has 0 fully saturated rings. The number of benzene rings is 2. The molecule has 0 spiro atoms. The van der Waals surface area contributed by atoms with Crippen LogP contribution < -0.4 is 10.2 Å². The molecule has 0 atom stereocenters. The van der Waals surface area contributed by atoms with E-state index in [1.807, 2.05) is 0 Å². The van der Waals surface area contributed by atoms with E-state index in [0.29, 0.717) is 0 Å². The normalized spacial score (nSPS) is 8.76. The fourth-order valence-corrected chi connectivity index (χ4v) is 1.26. The van der Waals surface area contributed by atoms with Gasteiger partial charge < -0.3 is 25.2 Å². The molecule has 0 heterocycles. The monoisotopic (exact) mass is 377 g/mol. The van der Waals surface area contributed by atoms with Gasteiger partial charge in [-0.1, -0.05) is 30.3 Å². The first kappa shape index (κ1) is 18.6. The Morgan fingerprint density at radius 1 is 0.952 bits per heavy atom. The summed E-state index contributed by atoms with van der Waals surface area (Å²) in [5.74, 6) is -2.70. The number of aromatic hydroxyl groups is 1. The van der Waals surface area contributed by atoms with Gasteiger partial charge in [-0.15, -0.1) is 5.75 Å². The van der Waals surface area contributed by atoms with E-state index in [4.69, 9.17) is 10.2 Å². The molecule has 0 aliphatic heterocycles. The summed E-state index contributed by atoms with van der Waals surface area (Å²) in [6, 6.07) is 10.5. The van der Waals surface area contributed by atoms with E-state index in [9.17, 15) is 19.8 Å². The van der Waals surface area contributed by atoms with Crippen molar-refractivity contribution in [2.24, 2.45) is 0 Å². The maximum atomic E-state index is 10.5. The minimum absolute atomic E-state index is 0. The molecule has 1 radical (unpaired) electrons. The van der Waals surface area contributed by atoms with Crippen LogP contribution in [-0.4, -0.2) is 22.2 Å². The van der Waals surface area contributed by atoms with Gasteiger partial charge in [0.2, 0.25) is 0 Å². The van der Waals surface area contributed by atoms with E-state index in [0.717, 1.165) is 6.07 Å². The average Bonchev–Trinajstić information content (AvgIpc) is 2.39. The van der Waals surface area contributed by atoms with Crippen LogP contribution in [0.3, 0.4) is 0 Å². The van der Waals surface area contributed by atoms with Crippen LogP contribution in [0.1, 0.15) is 20.7 Å². The summed E-state index contributed by atoms with van der Waals surface area (Å²) >= 11 is 0. The van der Waals surface area contributed by atoms with Crippen LogP contribution in [0.2, 0.25) is 0 Å². The molecular weight excluding hydrogens is 367 g/mol. The summed E-state index contributed by atoms with van der Waals surface area (Å²) in [5, 5.41) is 37.8. The second kappa shape index (κ2) is 8.71. The molecule has 2 aromatic carbocycles. The Labute approximate surface area is 133 Å². The molecule has 2 rings (SSSR count). The quantitative estimate of drug-likeness (QED) is 0.722. The molecule has 111 valence electrons. The van der Waals surface area contributed by atoms with Gasteiger partial charge in [-0.2, -0.15) is 0 Å². The van der Waals surface area contributed by atoms with Crippen molar-refractivity contribution >= 4 is 11.9 Å². The van der Waals surface area contributed by atoms with E-state index in [-0.39, 0.29) is 42.1 Å². The van der Waals surface area contributed by atoms with Gasteiger partial charge in [0.05, 0.1) is 11.5 Å². The van der Waals surface area contributed by atoms with Crippen molar-refractivity contribution in [3.05, 3.63) is 59.7 Å². The Hall–Kier alpha value is -2.40. The Bertz CT molecular complexity index is 571. The topological polar surface area (TPSA) is 121 Å². The van der Waals surface area contributed by atoms with Gasteiger partial charge in [0.15, 0.2) is 0 Å². The van der Waals surface area contributed by atoms with E-state index in [2.05, 4.69) is 0 Å². The average molecular weight is 377 g/mol. The number of carbonyl (C=O) groups excluding carboxylic acids is 1. The third-order valence-electron chi connectivity index (χ3n) is 2.16. The Balaban J connectivity index is 0.000000364. The molecule has 0 aliphatic carbocycles. The molecule has 2 aromatic rings. The standard InChI is InChI=1S/2C7H6O3.Rh/c2*8-6-3-1-2-5(4-6)7(9)10;/h2*1-4,8H,(H,9,10);/q;;+2/p-2. The Morgan fingerprint density at radius 3 is 1.90 bits per heavy atom. The van der Waals surface area contributed by atoms with Crippen molar-refractivity contribution in [1.29, 1.82) is 0 Å². The smallest absolute Gasteiger partial charge is 0.872 e. The number of rotatable bonds is 2. The van der Waals surface area contributed by atoms with Gasteiger partial charge in [-0.25, -0.2) is 4.79 Å². The van der Waals surface area contributed by atoms with Gasteiger partial charge in [0.25, 0.3) is 0 Å². The van der Waals surface area contributed by atoms with E-state index < -0.39 is 11.9 Å². The summed E-state index contributed by atoms with van der Waals surface area (Å²) in [5.41, 5.74) is 0.0208. The fraction of sp³-hybridized carbons (Fsp3) is 0. The van der Waals surface area contributed by atoms with Crippen LogP contribution in [-0.2, 0) is 19.5 Å². The van der Waals surface area contributed by atoms with Gasteiger partial charge in [0.1, 0.15) is 5.75 Å². The van der Waals surface area contributed by atoms with Crippen LogP contribution in [0.15, 0.2) is 48.5 Å². The Kier molecular flexibility index (Phi) is 7.72. The van der Waals surface area contributed by atoms with Gasteiger partial charge in [-0.05, 0) is 23.8 Å². The second-order valence-electron chi connectivity index (χ2n) is 3.67. The summed E-state index contributed by atoms with van der Waals surface area (Å²) in [4.78, 5) is 20.3. The zero-order chi connectivity index (χ0) is 15.1. The molecule has 0 aliphatic rings. The molecule has 0 unspecified atom stereocenters. The number of phenols is 1. The van der Waals surface area contributed by atoms with Gasteiger partial charge in [-0.3, -0.25) is 0 Å². The molecular formula is C14H10O6Rh. The number of carboxylic acid groups (broad SMARTS) is 2. The van der Waals surface area contributed by atoms with Crippen molar-refractivity contribution < 1.29 is 49.5 Å². The summed E-state index contributed by atoms with van der Waals surface area (Å²) in [6.07, 6.45) is 0.